The zero-order valence-electron chi connectivity index (χ0n) is 16.3. The normalized spacial score (nSPS) is 11.9. The second-order valence-corrected chi connectivity index (χ2v) is 7.44. The molecule has 3 rings (SSSR count). The van der Waals surface area contributed by atoms with E-state index >= 15 is 0 Å². The van der Waals surface area contributed by atoms with Crippen molar-refractivity contribution in [2.75, 3.05) is 5.32 Å². The lowest BCUT2D eigenvalue weighted by molar-refractivity contribution is -0.116. The van der Waals surface area contributed by atoms with Crippen molar-refractivity contribution in [3.05, 3.63) is 82.5 Å². The summed E-state index contributed by atoms with van der Waals surface area (Å²) in [6, 6.07) is 17.5. The van der Waals surface area contributed by atoms with Crippen LogP contribution in [-0.4, -0.2) is 22.0 Å². The van der Waals surface area contributed by atoms with Crippen LogP contribution in [0.2, 0.25) is 5.02 Å². The number of halogens is 1. The van der Waals surface area contributed by atoms with E-state index in [2.05, 4.69) is 20.8 Å². The second-order valence-electron chi connectivity index (χ2n) is 7.03. The summed E-state index contributed by atoms with van der Waals surface area (Å²) in [7, 11) is 0. The van der Waals surface area contributed by atoms with Gasteiger partial charge in [0, 0.05) is 11.8 Å². The molecule has 0 aliphatic rings. The van der Waals surface area contributed by atoms with Crippen LogP contribution < -0.4 is 10.6 Å². The molecule has 0 aliphatic heterocycles. The molecular formula is C22H23ClN4O2. The standard InChI is InChI=1S/C22H23ClN4O2/c1-14(2)18-12-20(27-26-18)25-21(28)13-19(15-8-4-3-5-9-15)24-22(29)16-10-6-7-11-17(16)23/h3-12,14,19H,13H2,1-2H3,(H,24,29)(H2,25,26,27,28). The maximum Gasteiger partial charge on any atom is 0.253 e. The van der Waals surface area contributed by atoms with Gasteiger partial charge in [-0.3, -0.25) is 14.7 Å². The first-order valence-corrected chi connectivity index (χ1v) is 9.77. The fourth-order valence-electron chi connectivity index (χ4n) is 2.89. The highest BCUT2D eigenvalue weighted by Crippen LogP contribution is 2.21. The summed E-state index contributed by atoms with van der Waals surface area (Å²) in [6.07, 6.45) is 0.0596. The van der Waals surface area contributed by atoms with Gasteiger partial charge in [0.05, 0.1) is 23.0 Å². The summed E-state index contributed by atoms with van der Waals surface area (Å²) < 4.78 is 0. The van der Waals surface area contributed by atoms with Crippen LogP contribution in [0.15, 0.2) is 60.7 Å². The number of benzene rings is 2. The number of carbonyl (C=O) groups excluding carboxylic acids is 2. The lowest BCUT2D eigenvalue weighted by atomic mass is 10.0. The van der Waals surface area contributed by atoms with Gasteiger partial charge in [0.15, 0.2) is 5.82 Å². The molecule has 0 radical (unpaired) electrons. The highest BCUT2D eigenvalue weighted by atomic mass is 35.5. The van der Waals surface area contributed by atoms with Gasteiger partial charge in [0.25, 0.3) is 5.91 Å². The number of nitrogens with one attached hydrogen (secondary N) is 3. The number of anilines is 1. The molecule has 3 aromatic rings. The van der Waals surface area contributed by atoms with E-state index < -0.39 is 6.04 Å². The summed E-state index contributed by atoms with van der Waals surface area (Å²) in [5.41, 5.74) is 2.13. The first kappa shape index (κ1) is 20.6. The summed E-state index contributed by atoms with van der Waals surface area (Å²) >= 11 is 6.14. The van der Waals surface area contributed by atoms with E-state index in [0.717, 1.165) is 11.3 Å². The van der Waals surface area contributed by atoms with Gasteiger partial charge in [-0.05, 0) is 23.6 Å². The smallest absolute Gasteiger partial charge is 0.253 e. The van der Waals surface area contributed by atoms with Gasteiger partial charge in [0.1, 0.15) is 0 Å². The van der Waals surface area contributed by atoms with Gasteiger partial charge >= 0.3 is 0 Å². The Kier molecular flexibility index (Phi) is 6.67. The van der Waals surface area contributed by atoms with Crippen LogP contribution in [-0.2, 0) is 4.79 Å². The molecule has 150 valence electrons. The molecule has 0 saturated carbocycles. The number of hydrogen-bond acceptors (Lipinski definition) is 3. The van der Waals surface area contributed by atoms with Gasteiger partial charge < -0.3 is 10.6 Å². The third-order valence-electron chi connectivity index (χ3n) is 4.50. The Morgan fingerprint density at radius 1 is 1.07 bits per heavy atom. The Labute approximate surface area is 174 Å². The molecule has 6 nitrogen and oxygen atoms in total. The molecule has 3 N–H and O–H groups in total. The Hall–Kier alpha value is -3.12. The van der Waals surface area contributed by atoms with Crippen molar-refractivity contribution in [1.29, 1.82) is 0 Å². The highest BCUT2D eigenvalue weighted by Gasteiger charge is 2.21. The molecule has 1 aromatic heterocycles. The summed E-state index contributed by atoms with van der Waals surface area (Å²) in [4.78, 5) is 25.3. The van der Waals surface area contributed by atoms with E-state index in [0.29, 0.717) is 16.4 Å². The highest BCUT2D eigenvalue weighted by molar-refractivity contribution is 6.33. The van der Waals surface area contributed by atoms with Crippen LogP contribution in [0.5, 0.6) is 0 Å². The average molecular weight is 411 g/mol. The number of aromatic nitrogens is 2. The van der Waals surface area contributed by atoms with Crippen LogP contribution in [0, 0.1) is 0 Å². The summed E-state index contributed by atoms with van der Waals surface area (Å²) in [6.45, 7) is 4.07. The van der Waals surface area contributed by atoms with Gasteiger partial charge in [-0.15, -0.1) is 0 Å². The predicted molar refractivity (Wildman–Crippen MR) is 114 cm³/mol. The Morgan fingerprint density at radius 3 is 2.41 bits per heavy atom. The van der Waals surface area contributed by atoms with Gasteiger partial charge in [-0.1, -0.05) is 67.9 Å². The van der Waals surface area contributed by atoms with E-state index in [1.165, 1.54) is 0 Å². The van der Waals surface area contributed by atoms with Gasteiger partial charge in [-0.25, -0.2) is 0 Å². The number of nitrogens with zero attached hydrogens (tertiary/aromatic N) is 1. The molecule has 0 bridgehead atoms. The molecule has 1 unspecified atom stereocenters. The molecule has 2 amide bonds. The zero-order valence-corrected chi connectivity index (χ0v) is 17.0. The number of carbonyl (C=O) groups is 2. The monoisotopic (exact) mass is 410 g/mol. The quantitative estimate of drug-likeness (QED) is 0.528. The molecule has 2 aromatic carbocycles. The number of hydrogen-bond donors (Lipinski definition) is 3. The molecule has 1 heterocycles. The molecule has 7 heteroatoms. The van der Waals surface area contributed by atoms with Crippen LogP contribution in [0.1, 0.15) is 53.8 Å². The Balaban J connectivity index is 1.74. The minimum atomic E-state index is -0.511. The predicted octanol–water partition coefficient (Wildman–Crippen LogP) is 4.69. The Bertz CT molecular complexity index is 985. The fraction of sp³-hybridized carbons (Fsp3) is 0.227. The number of rotatable bonds is 7. The topological polar surface area (TPSA) is 86.9 Å². The summed E-state index contributed by atoms with van der Waals surface area (Å²) in [5, 5.41) is 13.1. The first-order chi connectivity index (χ1) is 13.9. The van der Waals surface area contributed by atoms with Crippen LogP contribution >= 0.6 is 11.6 Å². The molecule has 29 heavy (non-hydrogen) atoms. The van der Waals surface area contributed by atoms with E-state index in [4.69, 9.17) is 11.6 Å². The Morgan fingerprint density at radius 2 is 1.76 bits per heavy atom. The number of aromatic amines is 1. The third-order valence-corrected chi connectivity index (χ3v) is 4.83. The van der Waals surface area contributed by atoms with E-state index in [-0.39, 0.29) is 24.2 Å². The van der Waals surface area contributed by atoms with Crippen molar-refractivity contribution in [3.8, 4) is 0 Å². The van der Waals surface area contributed by atoms with Crippen molar-refractivity contribution in [2.24, 2.45) is 0 Å². The SMILES string of the molecule is CC(C)c1cc(NC(=O)CC(NC(=O)c2ccccc2Cl)c2ccccc2)n[nH]1. The molecule has 0 spiro atoms. The van der Waals surface area contributed by atoms with Gasteiger partial charge in [-0.2, -0.15) is 5.10 Å². The molecular weight excluding hydrogens is 388 g/mol. The van der Waals surface area contributed by atoms with Crippen molar-refractivity contribution >= 4 is 29.2 Å². The largest absolute Gasteiger partial charge is 0.345 e. The van der Waals surface area contributed by atoms with Crippen molar-refractivity contribution in [2.45, 2.75) is 32.2 Å². The molecule has 0 fully saturated rings. The van der Waals surface area contributed by atoms with E-state index in [1.54, 1.807) is 24.3 Å². The van der Waals surface area contributed by atoms with E-state index in [9.17, 15) is 9.59 Å². The van der Waals surface area contributed by atoms with Crippen molar-refractivity contribution in [3.63, 3.8) is 0 Å². The van der Waals surface area contributed by atoms with Crippen LogP contribution in [0.25, 0.3) is 0 Å². The lowest BCUT2D eigenvalue weighted by Gasteiger charge is -2.19. The minimum Gasteiger partial charge on any atom is -0.345 e. The fourth-order valence-corrected chi connectivity index (χ4v) is 3.12. The lowest BCUT2D eigenvalue weighted by Crippen LogP contribution is -2.31. The molecule has 0 saturated heterocycles. The zero-order chi connectivity index (χ0) is 20.8. The molecule has 0 aliphatic carbocycles. The second kappa shape index (κ2) is 9.39. The van der Waals surface area contributed by atoms with Crippen molar-refractivity contribution in [1.82, 2.24) is 15.5 Å². The van der Waals surface area contributed by atoms with Gasteiger partial charge in [0.2, 0.25) is 5.91 Å². The van der Waals surface area contributed by atoms with Crippen molar-refractivity contribution < 1.29 is 9.59 Å². The minimum absolute atomic E-state index is 0.0596. The third kappa shape index (κ3) is 5.45. The van der Waals surface area contributed by atoms with Crippen LogP contribution in [0.4, 0.5) is 5.82 Å². The maximum absolute atomic E-state index is 12.7. The maximum atomic E-state index is 12.7. The van der Waals surface area contributed by atoms with Crippen LogP contribution in [0.3, 0.4) is 0 Å². The molecule has 1 atom stereocenters. The number of amides is 2. The summed E-state index contributed by atoms with van der Waals surface area (Å²) in [5.74, 6) is 0.155. The first-order valence-electron chi connectivity index (χ1n) is 9.39. The number of H-pyrrole nitrogens is 1. The average Bonchev–Trinajstić information content (AvgIpc) is 3.17. The van der Waals surface area contributed by atoms with E-state index in [1.807, 2.05) is 50.2 Å².